The van der Waals surface area contributed by atoms with E-state index in [0.29, 0.717) is 10.6 Å². The van der Waals surface area contributed by atoms with Crippen molar-refractivity contribution in [2.45, 2.75) is 0 Å². The molecule has 2 N–H and O–H groups in total. The highest BCUT2D eigenvalue weighted by Crippen LogP contribution is 2.34. The Balaban J connectivity index is 2.25. The minimum Gasteiger partial charge on any atom is -0.454 e. The van der Waals surface area contributed by atoms with Crippen LogP contribution in [0, 0.1) is 11.6 Å². The van der Waals surface area contributed by atoms with Gasteiger partial charge in [-0.25, -0.2) is 8.78 Å². The third-order valence-corrected chi connectivity index (χ3v) is 3.15. The zero-order valence-electron chi connectivity index (χ0n) is 9.58. The van der Waals surface area contributed by atoms with Gasteiger partial charge in [-0.05, 0) is 18.2 Å². The molecular weight excluding hydrogens is 272 g/mol. The van der Waals surface area contributed by atoms with Gasteiger partial charge in [-0.1, -0.05) is 23.7 Å². The van der Waals surface area contributed by atoms with Crippen molar-refractivity contribution in [1.29, 1.82) is 0 Å². The van der Waals surface area contributed by atoms with Gasteiger partial charge in [0, 0.05) is 11.5 Å². The lowest BCUT2D eigenvalue weighted by Gasteiger charge is -2.02. The first-order chi connectivity index (χ1) is 9.06. The first-order valence-corrected chi connectivity index (χ1v) is 5.87. The summed E-state index contributed by atoms with van der Waals surface area (Å²) in [6.45, 7) is 0. The summed E-state index contributed by atoms with van der Waals surface area (Å²) in [5, 5.41) is 1.14. The Hall–Kier alpha value is -2.07. The van der Waals surface area contributed by atoms with Crippen LogP contribution in [0.1, 0.15) is 0 Å². The molecule has 96 valence electrons. The van der Waals surface area contributed by atoms with Gasteiger partial charge in [-0.15, -0.1) is 0 Å². The van der Waals surface area contributed by atoms with Crippen LogP contribution in [0.4, 0.5) is 14.5 Å². The minimum atomic E-state index is -0.692. The van der Waals surface area contributed by atoms with Gasteiger partial charge >= 0.3 is 0 Å². The second-order valence-corrected chi connectivity index (χ2v) is 4.53. The Labute approximate surface area is 112 Å². The van der Waals surface area contributed by atoms with E-state index in [-0.39, 0.29) is 17.0 Å². The molecule has 19 heavy (non-hydrogen) atoms. The summed E-state index contributed by atoms with van der Waals surface area (Å²) >= 11 is 5.97. The van der Waals surface area contributed by atoms with Gasteiger partial charge in [-0.3, -0.25) is 0 Å². The molecule has 3 aromatic rings. The van der Waals surface area contributed by atoms with E-state index in [9.17, 15) is 8.78 Å². The van der Waals surface area contributed by atoms with Crippen molar-refractivity contribution in [3.05, 3.63) is 53.1 Å². The van der Waals surface area contributed by atoms with E-state index in [4.69, 9.17) is 21.8 Å². The average Bonchev–Trinajstić information content (AvgIpc) is 2.79. The Morgan fingerprint density at radius 2 is 1.84 bits per heavy atom. The molecule has 1 heterocycles. The van der Waals surface area contributed by atoms with E-state index in [1.165, 1.54) is 0 Å². The van der Waals surface area contributed by atoms with Crippen LogP contribution in [0.15, 0.2) is 40.8 Å². The van der Waals surface area contributed by atoms with Gasteiger partial charge in [-0.2, -0.15) is 0 Å². The van der Waals surface area contributed by atoms with Gasteiger partial charge in [0.05, 0.1) is 16.3 Å². The summed E-state index contributed by atoms with van der Waals surface area (Å²) in [5.74, 6) is -1.13. The number of anilines is 1. The van der Waals surface area contributed by atoms with Gasteiger partial charge in [0.25, 0.3) is 0 Å². The van der Waals surface area contributed by atoms with Gasteiger partial charge in [0.1, 0.15) is 17.4 Å². The third-order valence-electron chi connectivity index (χ3n) is 2.85. The number of halogens is 3. The van der Waals surface area contributed by atoms with Crippen molar-refractivity contribution in [2.75, 3.05) is 5.73 Å². The molecule has 0 bridgehead atoms. The molecule has 2 nitrogen and oxygen atoms in total. The number of rotatable bonds is 1. The quantitative estimate of drug-likeness (QED) is 0.661. The molecule has 0 aliphatic carbocycles. The normalized spacial score (nSPS) is 11.1. The number of para-hydroxylation sites is 1. The zero-order valence-corrected chi connectivity index (χ0v) is 10.3. The maximum atomic E-state index is 13.8. The molecule has 0 unspecified atom stereocenters. The van der Waals surface area contributed by atoms with Crippen LogP contribution in [-0.2, 0) is 0 Å². The summed E-state index contributed by atoms with van der Waals surface area (Å²) < 4.78 is 32.7. The molecule has 0 saturated heterocycles. The van der Waals surface area contributed by atoms with Crippen molar-refractivity contribution >= 4 is 28.3 Å². The molecule has 0 amide bonds. The average molecular weight is 280 g/mol. The fraction of sp³-hybridized carbons (Fsp3) is 0. The molecule has 0 spiro atoms. The summed E-state index contributed by atoms with van der Waals surface area (Å²) in [7, 11) is 0. The SMILES string of the molecule is Nc1cc(F)c(-c2cc3cccc(Cl)c3o2)cc1F. The molecule has 0 fully saturated rings. The van der Waals surface area contributed by atoms with Gasteiger partial charge in [0.2, 0.25) is 0 Å². The molecular formula is C14H8ClF2NO. The zero-order chi connectivity index (χ0) is 13.6. The fourth-order valence-corrected chi connectivity index (χ4v) is 2.13. The summed E-state index contributed by atoms with van der Waals surface area (Å²) in [6, 6.07) is 8.74. The standard InChI is InChI=1S/C14H8ClF2NO/c15-9-3-1-2-7-4-13(19-14(7)9)8-5-11(17)12(18)6-10(8)16/h1-6H,18H2. The maximum Gasteiger partial charge on any atom is 0.153 e. The highest BCUT2D eigenvalue weighted by molar-refractivity contribution is 6.34. The topological polar surface area (TPSA) is 39.2 Å². The molecule has 0 atom stereocenters. The predicted molar refractivity (Wildman–Crippen MR) is 71.0 cm³/mol. The van der Waals surface area contributed by atoms with Crippen LogP contribution >= 0.6 is 11.6 Å². The van der Waals surface area contributed by atoms with E-state index < -0.39 is 11.6 Å². The highest BCUT2D eigenvalue weighted by Gasteiger charge is 2.15. The smallest absolute Gasteiger partial charge is 0.153 e. The summed E-state index contributed by atoms with van der Waals surface area (Å²) in [4.78, 5) is 0. The number of furan rings is 1. The van der Waals surface area contributed by atoms with E-state index in [0.717, 1.165) is 17.5 Å². The van der Waals surface area contributed by atoms with Crippen molar-refractivity contribution in [3.63, 3.8) is 0 Å². The predicted octanol–water partition coefficient (Wildman–Crippen LogP) is 4.61. The van der Waals surface area contributed by atoms with Crippen molar-refractivity contribution in [2.24, 2.45) is 0 Å². The van der Waals surface area contributed by atoms with Crippen LogP contribution in [-0.4, -0.2) is 0 Å². The number of nitrogen functional groups attached to an aromatic ring is 1. The lowest BCUT2D eigenvalue weighted by atomic mass is 10.1. The van der Waals surface area contributed by atoms with Crippen LogP contribution in [0.2, 0.25) is 5.02 Å². The van der Waals surface area contributed by atoms with Crippen LogP contribution in [0.25, 0.3) is 22.3 Å². The number of benzene rings is 2. The Kier molecular flexibility index (Phi) is 2.68. The Bertz CT molecular complexity index is 782. The Morgan fingerprint density at radius 3 is 2.58 bits per heavy atom. The van der Waals surface area contributed by atoms with Gasteiger partial charge in [0.15, 0.2) is 5.58 Å². The van der Waals surface area contributed by atoms with E-state index in [1.807, 2.05) is 0 Å². The van der Waals surface area contributed by atoms with E-state index in [2.05, 4.69) is 0 Å². The number of hydrogen-bond donors (Lipinski definition) is 1. The van der Waals surface area contributed by atoms with Crippen molar-refractivity contribution in [1.82, 2.24) is 0 Å². The second-order valence-electron chi connectivity index (χ2n) is 4.12. The van der Waals surface area contributed by atoms with Crippen LogP contribution in [0.5, 0.6) is 0 Å². The number of nitrogens with two attached hydrogens (primary N) is 1. The van der Waals surface area contributed by atoms with Crippen LogP contribution < -0.4 is 5.73 Å². The molecule has 0 saturated carbocycles. The minimum absolute atomic E-state index is 0.0129. The monoisotopic (exact) mass is 279 g/mol. The molecule has 0 aliphatic heterocycles. The first-order valence-electron chi connectivity index (χ1n) is 5.49. The van der Waals surface area contributed by atoms with E-state index in [1.54, 1.807) is 24.3 Å². The number of fused-ring (bicyclic) bond motifs is 1. The molecule has 1 aromatic heterocycles. The highest BCUT2D eigenvalue weighted by atomic mass is 35.5. The first kappa shape index (κ1) is 12.0. The second kappa shape index (κ2) is 4.24. The molecule has 0 aliphatic rings. The van der Waals surface area contributed by atoms with Gasteiger partial charge < -0.3 is 10.2 Å². The molecule has 0 radical (unpaired) electrons. The fourth-order valence-electron chi connectivity index (χ4n) is 1.91. The summed E-state index contributed by atoms with van der Waals surface area (Å²) in [5.41, 5.74) is 5.51. The molecule has 3 rings (SSSR count). The third kappa shape index (κ3) is 1.94. The van der Waals surface area contributed by atoms with E-state index >= 15 is 0 Å². The summed E-state index contributed by atoms with van der Waals surface area (Å²) in [6.07, 6.45) is 0. The molecule has 5 heteroatoms. The Morgan fingerprint density at radius 1 is 1.05 bits per heavy atom. The van der Waals surface area contributed by atoms with Crippen molar-refractivity contribution in [3.8, 4) is 11.3 Å². The lowest BCUT2D eigenvalue weighted by molar-refractivity contribution is 0.588. The lowest BCUT2D eigenvalue weighted by Crippen LogP contribution is -1.93. The molecule has 2 aromatic carbocycles. The maximum absolute atomic E-state index is 13.8. The number of hydrogen-bond acceptors (Lipinski definition) is 2. The largest absolute Gasteiger partial charge is 0.454 e. The van der Waals surface area contributed by atoms with Crippen LogP contribution in [0.3, 0.4) is 0 Å². The van der Waals surface area contributed by atoms with Crippen molar-refractivity contribution < 1.29 is 13.2 Å².